The van der Waals surface area contributed by atoms with E-state index in [0.717, 1.165) is 12.8 Å². The van der Waals surface area contributed by atoms with Crippen molar-refractivity contribution in [3.8, 4) is 0 Å². The third-order valence-corrected chi connectivity index (χ3v) is 10.1. The van der Waals surface area contributed by atoms with Crippen molar-refractivity contribution < 1.29 is 28.6 Å². The van der Waals surface area contributed by atoms with Gasteiger partial charge in [0.2, 0.25) is 5.78 Å². The summed E-state index contributed by atoms with van der Waals surface area (Å²) in [4.78, 5) is 41.5. The van der Waals surface area contributed by atoms with E-state index in [2.05, 4.69) is 26.8 Å². The SMILES string of the molecule is CC1=CC2C(CCC3(C)OC3C3C(OC(=O)c4ccccc4)C(C)CC3(OC(=O)c3ccccc3)C1=O)C2(C)C. The van der Waals surface area contributed by atoms with Crippen molar-refractivity contribution in [3.05, 3.63) is 83.4 Å². The molecule has 2 saturated carbocycles. The van der Waals surface area contributed by atoms with E-state index in [9.17, 15) is 14.4 Å². The summed E-state index contributed by atoms with van der Waals surface area (Å²) in [6.45, 7) is 10.4. The van der Waals surface area contributed by atoms with E-state index >= 15 is 0 Å². The number of ether oxygens (including phenoxy) is 3. The molecule has 8 unspecified atom stereocenters. The Bertz CT molecular complexity index is 1360. The molecule has 6 rings (SSSR count). The van der Waals surface area contributed by atoms with Gasteiger partial charge in [-0.25, -0.2) is 9.59 Å². The fraction of sp³-hybridized carbons (Fsp3) is 0.500. The summed E-state index contributed by atoms with van der Waals surface area (Å²) in [6, 6.07) is 17.6. The van der Waals surface area contributed by atoms with E-state index in [1.807, 2.05) is 26.0 Å². The lowest BCUT2D eigenvalue weighted by molar-refractivity contribution is -0.142. The monoisotopic (exact) mass is 542 g/mol. The van der Waals surface area contributed by atoms with Crippen molar-refractivity contribution in [2.45, 2.75) is 77.3 Å². The Morgan fingerprint density at radius 2 is 1.52 bits per heavy atom. The predicted octanol–water partition coefficient (Wildman–Crippen LogP) is 6.20. The average molecular weight is 543 g/mol. The van der Waals surface area contributed by atoms with Gasteiger partial charge in [-0.2, -0.15) is 0 Å². The lowest BCUT2D eigenvalue weighted by Gasteiger charge is -2.35. The van der Waals surface area contributed by atoms with Gasteiger partial charge >= 0.3 is 11.9 Å². The molecular formula is C34H38O6. The first kappa shape index (κ1) is 26.9. The Hall–Kier alpha value is -3.25. The van der Waals surface area contributed by atoms with Crippen LogP contribution >= 0.6 is 0 Å². The summed E-state index contributed by atoms with van der Waals surface area (Å²) in [5.74, 6) is -1.36. The van der Waals surface area contributed by atoms with Crippen molar-refractivity contribution in [2.75, 3.05) is 0 Å². The van der Waals surface area contributed by atoms with Crippen LogP contribution in [-0.4, -0.2) is 41.1 Å². The molecule has 210 valence electrons. The first-order valence-corrected chi connectivity index (χ1v) is 14.4. The molecule has 2 aromatic rings. The van der Waals surface area contributed by atoms with Crippen molar-refractivity contribution in [2.24, 2.45) is 29.1 Å². The minimum atomic E-state index is -1.52. The van der Waals surface area contributed by atoms with Crippen molar-refractivity contribution in [3.63, 3.8) is 0 Å². The van der Waals surface area contributed by atoms with Crippen molar-refractivity contribution in [1.82, 2.24) is 0 Å². The summed E-state index contributed by atoms with van der Waals surface area (Å²) >= 11 is 0. The molecule has 1 saturated heterocycles. The van der Waals surface area contributed by atoms with Gasteiger partial charge in [0.15, 0.2) is 5.60 Å². The standard InChI is InChI=1S/C34H38O6/c1-20-18-25-24(32(25,3)4)16-17-33(5)29(39-33)26-27(38-30(36)22-12-8-6-9-13-22)21(2)19-34(26,28(20)35)40-31(37)23-14-10-7-11-15-23/h6-15,18,21,24-27,29H,16-17,19H2,1-5H3. The highest BCUT2D eigenvalue weighted by molar-refractivity contribution is 6.04. The lowest BCUT2D eigenvalue weighted by Crippen LogP contribution is -2.52. The number of rotatable bonds is 4. The Morgan fingerprint density at radius 1 is 0.925 bits per heavy atom. The second-order valence-electron chi connectivity index (χ2n) is 13.1. The third kappa shape index (κ3) is 4.32. The molecule has 3 fully saturated rings. The predicted molar refractivity (Wildman–Crippen MR) is 150 cm³/mol. The van der Waals surface area contributed by atoms with E-state index in [1.54, 1.807) is 48.5 Å². The Balaban J connectivity index is 1.44. The fourth-order valence-electron chi connectivity index (χ4n) is 7.62. The van der Waals surface area contributed by atoms with Crippen LogP contribution in [0.5, 0.6) is 0 Å². The first-order valence-electron chi connectivity index (χ1n) is 14.4. The van der Waals surface area contributed by atoms with Crippen LogP contribution in [0.25, 0.3) is 0 Å². The zero-order valence-corrected chi connectivity index (χ0v) is 23.9. The summed E-state index contributed by atoms with van der Waals surface area (Å²) in [5, 5.41) is 0. The molecule has 6 nitrogen and oxygen atoms in total. The second-order valence-corrected chi connectivity index (χ2v) is 13.1. The minimum absolute atomic E-state index is 0.103. The van der Waals surface area contributed by atoms with E-state index in [0.29, 0.717) is 22.6 Å². The fourth-order valence-corrected chi connectivity index (χ4v) is 7.62. The lowest BCUT2D eigenvalue weighted by atomic mass is 9.77. The van der Waals surface area contributed by atoms with Crippen molar-refractivity contribution >= 4 is 17.7 Å². The van der Waals surface area contributed by atoms with Gasteiger partial charge in [-0.15, -0.1) is 0 Å². The molecule has 3 aliphatic carbocycles. The van der Waals surface area contributed by atoms with Gasteiger partial charge in [-0.05, 0) is 79.7 Å². The molecule has 0 N–H and O–H groups in total. The molecule has 6 heteroatoms. The molecule has 8 atom stereocenters. The average Bonchev–Trinajstić information content (AvgIpc) is 3.71. The number of ketones is 1. The van der Waals surface area contributed by atoms with Crippen LogP contribution < -0.4 is 0 Å². The van der Waals surface area contributed by atoms with Crippen molar-refractivity contribution in [1.29, 1.82) is 0 Å². The zero-order valence-electron chi connectivity index (χ0n) is 23.9. The highest BCUT2D eigenvalue weighted by Gasteiger charge is 2.72. The third-order valence-electron chi connectivity index (χ3n) is 10.1. The highest BCUT2D eigenvalue weighted by Crippen LogP contribution is 2.65. The van der Waals surface area contributed by atoms with Crippen LogP contribution in [0, 0.1) is 29.1 Å². The summed E-state index contributed by atoms with van der Waals surface area (Å²) in [5.41, 5.74) is -0.494. The summed E-state index contributed by atoms with van der Waals surface area (Å²) in [6.07, 6.45) is 3.11. The first-order chi connectivity index (χ1) is 19.0. The molecule has 0 spiro atoms. The van der Waals surface area contributed by atoms with Gasteiger partial charge < -0.3 is 14.2 Å². The van der Waals surface area contributed by atoms with Crippen LogP contribution in [0.4, 0.5) is 0 Å². The Kier molecular flexibility index (Phi) is 6.34. The molecule has 0 radical (unpaired) electrons. The number of carbonyl (C=O) groups excluding carboxylic acids is 3. The topological polar surface area (TPSA) is 82.2 Å². The number of esters is 2. The number of epoxide rings is 1. The second kappa shape index (κ2) is 9.41. The number of Topliss-reactive ketones (excluding diaryl/α,β-unsaturated/α-hetero) is 1. The molecular weight excluding hydrogens is 504 g/mol. The highest BCUT2D eigenvalue weighted by atomic mass is 16.6. The molecule has 2 aromatic carbocycles. The minimum Gasteiger partial charge on any atom is -0.458 e. The molecule has 0 bridgehead atoms. The van der Waals surface area contributed by atoms with E-state index in [4.69, 9.17) is 14.2 Å². The molecule has 40 heavy (non-hydrogen) atoms. The number of fused-ring (bicyclic) bond motifs is 4. The van der Waals surface area contributed by atoms with E-state index < -0.39 is 35.2 Å². The van der Waals surface area contributed by atoms with Crippen LogP contribution in [0.15, 0.2) is 72.3 Å². The van der Waals surface area contributed by atoms with Crippen LogP contribution in [-0.2, 0) is 19.0 Å². The maximum absolute atomic E-state index is 14.6. The quantitative estimate of drug-likeness (QED) is 0.338. The number of hydrogen-bond donors (Lipinski definition) is 0. The molecule has 0 aromatic heterocycles. The van der Waals surface area contributed by atoms with Crippen LogP contribution in [0.3, 0.4) is 0 Å². The largest absolute Gasteiger partial charge is 0.458 e. The molecule has 4 aliphatic rings. The smallest absolute Gasteiger partial charge is 0.339 e. The molecule has 1 aliphatic heterocycles. The Labute approximate surface area is 236 Å². The van der Waals surface area contributed by atoms with Gasteiger partial charge in [0.25, 0.3) is 0 Å². The maximum atomic E-state index is 14.6. The van der Waals surface area contributed by atoms with Gasteiger partial charge in [0, 0.05) is 6.42 Å². The van der Waals surface area contributed by atoms with E-state index in [1.165, 1.54) is 0 Å². The van der Waals surface area contributed by atoms with Crippen LogP contribution in [0.2, 0.25) is 0 Å². The van der Waals surface area contributed by atoms with Gasteiger partial charge in [0.1, 0.15) is 6.10 Å². The summed E-state index contributed by atoms with van der Waals surface area (Å²) < 4.78 is 19.0. The van der Waals surface area contributed by atoms with Crippen LogP contribution in [0.1, 0.15) is 74.6 Å². The number of benzene rings is 2. The summed E-state index contributed by atoms with van der Waals surface area (Å²) in [7, 11) is 0. The van der Waals surface area contributed by atoms with Gasteiger partial charge in [-0.3, -0.25) is 4.79 Å². The van der Waals surface area contributed by atoms with E-state index in [-0.39, 0.29) is 35.6 Å². The number of hydrogen-bond acceptors (Lipinski definition) is 6. The Morgan fingerprint density at radius 3 is 2.15 bits per heavy atom. The normalized spacial score (nSPS) is 37.5. The zero-order chi connectivity index (χ0) is 28.4. The molecule has 0 amide bonds. The maximum Gasteiger partial charge on any atom is 0.339 e. The number of allylic oxidation sites excluding steroid dienone is 1. The molecule has 1 heterocycles. The van der Waals surface area contributed by atoms with Gasteiger partial charge in [-0.1, -0.05) is 63.2 Å². The van der Waals surface area contributed by atoms with Gasteiger partial charge in [0.05, 0.1) is 28.7 Å². The number of carbonyl (C=O) groups is 3.